The van der Waals surface area contributed by atoms with E-state index in [9.17, 15) is 0 Å². The zero-order chi connectivity index (χ0) is 37.5. The van der Waals surface area contributed by atoms with Crippen LogP contribution in [-0.2, 0) is 0 Å². The number of aromatic nitrogens is 1. The molecule has 0 aliphatic carbocycles. The van der Waals surface area contributed by atoms with E-state index in [0.29, 0.717) is 5.84 Å². The van der Waals surface area contributed by atoms with E-state index in [2.05, 4.69) is 155 Å². The smallest absolute Gasteiger partial charge is 0.159 e. The number of para-hydroxylation sites is 3. The SMILES string of the molecule is c1ccc(C2=NC(c3ccccc3)NC(c3cccc4c3oc3cc(-c5cccc6sc7c(-n8c9ccccc9c9ccccc98)cccc7c56)ccc34)=N2)cc1. The average molecular weight is 749 g/mol. The summed E-state index contributed by atoms with van der Waals surface area (Å²) >= 11 is 1.86. The molecule has 8 aromatic carbocycles. The molecule has 268 valence electrons. The summed E-state index contributed by atoms with van der Waals surface area (Å²) < 4.78 is 11.8. The zero-order valence-corrected chi connectivity index (χ0v) is 31.4. The molecular weight excluding hydrogens is 717 g/mol. The van der Waals surface area contributed by atoms with Crippen molar-refractivity contribution in [3.63, 3.8) is 0 Å². The van der Waals surface area contributed by atoms with Gasteiger partial charge in [0.2, 0.25) is 0 Å². The fourth-order valence-electron chi connectivity index (χ4n) is 8.69. The number of fused-ring (bicyclic) bond motifs is 9. The number of rotatable bonds is 5. The molecule has 12 rings (SSSR count). The molecule has 4 heterocycles. The quantitative estimate of drug-likeness (QED) is 0.191. The number of benzene rings is 8. The van der Waals surface area contributed by atoms with Crippen LogP contribution >= 0.6 is 11.3 Å². The molecule has 57 heavy (non-hydrogen) atoms. The van der Waals surface area contributed by atoms with Crippen LogP contribution in [0.15, 0.2) is 196 Å². The zero-order valence-electron chi connectivity index (χ0n) is 30.6. The van der Waals surface area contributed by atoms with Crippen LogP contribution in [-0.4, -0.2) is 16.2 Å². The van der Waals surface area contributed by atoms with Gasteiger partial charge in [-0.15, -0.1) is 11.3 Å². The largest absolute Gasteiger partial charge is 0.455 e. The summed E-state index contributed by atoms with van der Waals surface area (Å²) in [5.41, 5.74) is 10.5. The molecule has 0 amide bonds. The summed E-state index contributed by atoms with van der Waals surface area (Å²) in [5, 5.41) is 10.8. The van der Waals surface area contributed by atoms with Gasteiger partial charge in [-0.1, -0.05) is 140 Å². The second-order valence-electron chi connectivity index (χ2n) is 14.5. The van der Waals surface area contributed by atoms with Gasteiger partial charge in [0.25, 0.3) is 0 Å². The second kappa shape index (κ2) is 12.6. The summed E-state index contributed by atoms with van der Waals surface area (Å²) in [6, 6.07) is 64.3. The molecule has 3 aromatic heterocycles. The minimum Gasteiger partial charge on any atom is -0.455 e. The molecule has 0 bridgehead atoms. The molecule has 5 nitrogen and oxygen atoms in total. The van der Waals surface area contributed by atoms with Gasteiger partial charge in [-0.25, -0.2) is 9.98 Å². The van der Waals surface area contributed by atoms with Crippen LogP contribution in [0.1, 0.15) is 22.9 Å². The van der Waals surface area contributed by atoms with Gasteiger partial charge in [-0.2, -0.15) is 0 Å². The van der Waals surface area contributed by atoms with Crippen molar-refractivity contribution < 1.29 is 4.42 Å². The normalized spacial score (nSPS) is 14.5. The van der Waals surface area contributed by atoms with E-state index in [4.69, 9.17) is 14.4 Å². The van der Waals surface area contributed by atoms with Crippen molar-refractivity contribution in [2.24, 2.45) is 9.98 Å². The number of hydrogen-bond donors (Lipinski definition) is 1. The number of nitrogens with one attached hydrogen (secondary N) is 1. The highest BCUT2D eigenvalue weighted by atomic mass is 32.1. The molecule has 0 radical (unpaired) electrons. The molecule has 0 fully saturated rings. The fraction of sp³-hybridized carbons (Fsp3) is 0.0196. The van der Waals surface area contributed by atoms with Crippen molar-refractivity contribution in [2.45, 2.75) is 6.17 Å². The lowest BCUT2D eigenvalue weighted by atomic mass is 9.98. The topological polar surface area (TPSA) is 54.8 Å². The lowest BCUT2D eigenvalue weighted by molar-refractivity contribution is 0.660. The first-order chi connectivity index (χ1) is 28.3. The van der Waals surface area contributed by atoms with Gasteiger partial charge in [0, 0.05) is 42.6 Å². The highest BCUT2D eigenvalue weighted by Crippen LogP contribution is 2.45. The lowest BCUT2D eigenvalue weighted by Crippen LogP contribution is -2.33. The van der Waals surface area contributed by atoms with Gasteiger partial charge >= 0.3 is 0 Å². The standard InChI is InChI=1S/C51H32N4OS/c1-3-14-31(15-4-1)49-52-50(32-16-5-2-6-17-32)54-51(53-49)40-23-11-21-38-37-29-28-33(30-44(37)56-47(38)40)34-20-13-27-45-46(34)39-22-12-26-43(48(39)57-45)55-41-24-9-7-18-35(41)36-19-8-10-25-42(36)55/h1-30,49H,(H,52,53,54). The van der Waals surface area contributed by atoms with Crippen LogP contribution in [0.5, 0.6) is 0 Å². The average Bonchev–Trinajstić information content (AvgIpc) is 3.96. The third-order valence-electron chi connectivity index (χ3n) is 11.3. The third-order valence-corrected chi connectivity index (χ3v) is 12.5. The maximum Gasteiger partial charge on any atom is 0.159 e. The summed E-state index contributed by atoms with van der Waals surface area (Å²) in [5.74, 6) is 1.42. The number of furan rings is 1. The highest BCUT2D eigenvalue weighted by molar-refractivity contribution is 7.26. The Hall–Kier alpha value is -7.28. The Morgan fingerprint density at radius 2 is 1.21 bits per heavy atom. The number of nitrogens with zero attached hydrogens (tertiary/aromatic N) is 3. The van der Waals surface area contributed by atoms with E-state index in [1.54, 1.807) is 0 Å². The molecule has 6 heteroatoms. The molecule has 1 atom stereocenters. The van der Waals surface area contributed by atoms with Gasteiger partial charge in [-0.05, 0) is 59.2 Å². The maximum absolute atomic E-state index is 6.85. The first-order valence-electron chi connectivity index (χ1n) is 19.2. The van der Waals surface area contributed by atoms with Crippen LogP contribution < -0.4 is 5.32 Å². The first-order valence-corrected chi connectivity index (χ1v) is 20.0. The molecule has 1 N–H and O–H groups in total. The van der Waals surface area contributed by atoms with E-state index >= 15 is 0 Å². The van der Waals surface area contributed by atoms with Crippen molar-refractivity contribution in [3.8, 4) is 16.8 Å². The molecule has 0 saturated heterocycles. The Morgan fingerprint density at radius 1 is 0.544 bits per heavy atom. The van der Waals surface area contributed by atoms with Crippen molar-refractivity contribution in [1.29, 1.82) is 0 Å². The Balaban J connectivity index is 1.00. The number of amidine groups is 2. The van der Waals surface area contributed by atoms with E-state index in [1.807, 2.05) is 47.7 Å². The number of hydrogen-bond acceptors (Lipinski definition) is 5. The third kappa shape index (κ3) is 5.01. The van der Waals surface area contributed by atoms with Gasteiger partial charge in [0.1, 0.15) is 23.2 Å². The predicted molar refractivity (Wildman–Crippen MR) is 238 cm³/mol. The molecule has 11 aromatic rings. The Morgan fingerprint density at radius 3 is 2.02 bits per heavy atom. The summed E-state index contributed by atoms with van der Waals surface area (Å²) in [4.78, 5) is 10.1. The van der Waals surface area contributed by atoms with Crippen LogP contribution in [0.2, 0.25) is 0 Å². The van der Waals surface area contributed by atoms with Crippen LogP contribution in [0, 0.1) is 0 Å². The molecule has 1 aliphatic rings. The van der Waals surface area contributed by atoms with Gasteiger partial charge in [0.05, 0.1) is 27.0 Å². The first kappa shape index (κ1) is 32.0. The highest BCUT2D eigenvalue weighted by Gasteiger charge is 2.24. The Bertz CT molecular complexity index is 3390. The van der Waals surface area contributed by atoms with Gasteiger partial charge in [0.15, 0.2) is 5.84 Å². The number of aliphatic imine (C=N–C) groups is 2. The summed E-state index contributed by atoms with van der Waals surface area (Å²) in [6.07, 6.45) is -0.295. The van der Waals surface area contributed by atoms with Crippen molar-refractivity contribution in [1.82, 2.24) is 9.88 Å². The van der Waals surface area contributed by atoms with Crippen LogP contribution in [0.25, 0.3) is 80.7 Å². The Kier molecular flexibility index (Phi) is 7.09. The minimum atomic E-state index is -0.295. The molecule has 1 unspecified atom stereocenters. The monoisotopic (exact) mass is 748 g/mol. The van der Waals surface area contributed by atoms with Crippen molar-refractivity contribution in [3.05, 3.63) is 199 Å². The molecule has 0 saturated carbocycles. The summed E-state index contributed by atoms with van der Waals surface area (Å²) in [7, 11) is 0. The minimum absolute atomic E-state index is 0.295. The van der Waals surface area contributed by atoms with Crippen molar-refractivity contribution in [2.75, 3.05) is 0 Å². The fourth-order valence-corrected chi connectivity index (χ4v) is 9.93. The van der Waals surface area contributed by atoms with Crippen LogP contribution in [0.4, 0.5) is 0 Å². The Labute approximate surface area is 331 Å². The molecule has 1 aliphatic heterocycles. The number of thiophene rings is 1. The van der Waals surface area contributed by atoms with Gasteiger partial charge < -0.3 is 14.3 Å². The molecular formula is C51H32N4OS. The lowest BCUT2D eigenvalue weighted by Gasteiger charge is -2.23. The van der Waals surface area contributed by atoms with E-state index in [-0.39, 0.29) is 6.17 Å². The van der Waals surface area contributed by atoms with E-state index in [0.717, 1.165) is 50.0 Å². The second-order valence-corrected chi connectivity index (χ2v) is 15.6. The predicted octanol–water partition coefficient (Wildman–Crippen LogP) is 13.2. The van der Waals surface area contributed by atoms with Crippen LogP contribution in [0.3, 0.4) is 0 Å². The molecule has 0 spiro atoms. The van der Waals surface area contributed by atoms with E-state index < -0.39 is 0 Å². The van der Waals surface area contributed by atoms with Gasteiger partial charge in [-0.3, -0.25) is 0 Å². The van der Waals surface area contributed by atoms with Crippen molar-refractivity contribution >= 4 is 86.9 Å². The maximum atomic E-state index is 6.85. The van der Waals surface area contributed by atoms with E-state index in [1.165, 1.54) is 53.2 Å². The summed E-state index contributed by atoms with van der Waals surface area (Å²) in [6.45, 7) is 0.